The number of amides is 1. The third-order valence-corrected chi connectivity index (χ3v) is 5.43. The third kappa shape index (κ3) is 3.58. The molecule has 0 aromatic heterocycles. The second-order valence-corrected chi connectivity index (χ2v) is 8.04. The van der Waals surface area contributed by atoms with Crippen LogP contribution < -0.4 is 0 Å². The van der Waals surface area contributed by atoms with E-state index >= 15 is 0 Å². The quantitative estimate of drug-likeness (QED) is 0.799. The van der Waals surface area contributed by atoms with Crippen molar-refractivity contribution in [1.29, 1.82) is 0 Å². The second kappa shape index (κ2) is 6.36. The Bertz CT molecular complexity index is 642. The predicted octanol–water partition coefficient (Wildman–Crippen LogP) is 3.33. The van der Waals surface area contributed by atoms with Gasteiger partial charge in [0.2, 0.25) is 0 Å². The molecule has 1 unspecified atom stereocenters. The minimum absolute atomic E-state index is 0.0248. The molecule has 4 nitrogen and oxygen atoms in total. The zero-order valence-corrected chi connectivity index (χ0v) is 13.9. The molecule has 116 valence electrons. The van der Waals surface area contributed by atoms with E-state index in [9.17, 15) is 13.2 Å². The van der Waals surface area contributed by atoms with Crippen LogP contribution in [0.25, 0.3) is 0 Å². The molecule has 1 saturated heterocycles. The van der Waals surface area contributed by atoms with Crippen LogP contribution in [-0.2, 0) is 9.05 Å². The van der Waals surface area contributed by atoms with Gasteiger partial charge in [-0.15, -0.1) is 0 Å². The standard InChI is InChI=1S/C15H20ClNO3S/c1-3-12-6-4-5-9-17(12)15(18)14-10-13(21(16,19)20)8-7-11(14)2/h7-8,10,12H,3-6,9H2,1-2H3. The normalized spacial score (nSPS) is 19.6. The lowest BCUT2D eigenvalue weighted by molar-refractivity contribution is 0.0607. The number of carbonyl (C=O) groups excluding carboxylic acids is 1. The van der Waals surface area contributed by atoms with Crippen molar-refractivity contribution in [3.63, 3.8) is 0 Å². The molecule has 2 rings (SSSR count). The van der Waals surface area contributed by atoms with Crippen molar-refractivity contribution in [3.05, 3.63) is 29.3 Å². The summed E-state index contributed by atoms with van der Waals surface area (Å²) in [5, 5.41) is 0. The van der Waals surface area contributed by atoms with Gasteiger partial charge in [-0.2, -0.15) is 0 Å². The zero-order chi connectivity index (χ0) is 15.6. The van der Waals surface area contributed by atoms with Crippen molar-refractivity contribution < 1.29 is 13.2 Å². The number of halogens is 1. The summed E-state index contributed by atoms with van der Waals surface area (Å²) in [4.78, 5) is 14.6. The summed E-state index contributed by atoms with van der Waals surface area (Å²) >= 11 is 0. The molecule has 1 heterocycles. The van der Waals surface area contributed by atoms with Gasteiger partial charge in [0.1, 0.15) is 0 Å². The van der Waals surface area contributed by atoms with Gasteiger partial charge in [0, 0.05) is 28.8 Å². The number of hydrogen-bond donors (Lipinski definition) is 0. The summed E-state index contributed by atoms with van der Waals surface area (Å²) < 4.78 is 22.9. The Morgan fingerprint density at radius 3 is 2.71 bits per heavy atom. The van der Waals surface area contributed by atoms with Crippen molar-refractivity contribution in [1.82, 2.24) is 4.90 Å². The average Bonchev–Trinajstić information content (AvgIpc) is 2.45. The van der Waals surface area contributed by atoms with Crippen LogP contribution in [0.1, 0.15) is 48.5 Å². The van der Waals surface area contributed by atoms with E-state index in [0.717, 1.165) is 37.8 Å². The molecule has 0 radical (unpaired) electrons. The van der Waals surface area contributed by atoms with E-state index in [1.165, 1.54) is 12.1 Å². The fourth-order valence-corrected chi connectivity index (χ4v) is 3.61. The van der Waals surface area contributed by atoms with Crippen molar-refractivity contribution in [3.8, 4) is 0 Å². The highest BCUT2D eigenvalue weighted by atomic mass is 35.7. The number of piperidine rings is 1. The highest BCUT2D eigenvalue weighted by molar-refractivity contribution is 8.13. The fraction of sp³-hybridized carbons (Fsp3) is 0.533. The van der Waals surface area contributed by atoms with Crippen molar-refractivity contribution >= 4 is 25.6 Å². The lowest BCUT2D eigenvalue weighted by atomic mass is 9.98. The summed E-state index contributed by atoms with van der Waals surface area (Å²) in [6.07, 6.45) is 4.05. The van der Waals surface area contributed by atoms with E-state index in [1.807, 2.05) is 11.8 Å². The van der Waals surface area contributed by atoms with Gasteiger partial charge in [-0.05, 0) is 50.3 Å². The molecule has 21 heavy (non-hydrogen) atoms. The highest BCUT2D eigenvalue weighted by Gasteiger charge is 2.27. The molecule has 0 aliphatic carbocycles. The van der Waals surface area contributed by atoms with E-state index in [0.29, 0.717) is 5.56 Å². The zero-order valence-electron chi connectivity index (χ0n) is 12.3. The van der Waals surface area contributed by atoms with Crippen LogP contribution in [0.5, 0.6) is 0 Å². The van der Waals surface area contributed by atoms with Crippen LogP contribution in [0, 0.1) is 6.92 Å². The van der Waals surface area contributed by atoms with Crippen LogP contribution >= 0.6 is 10.7 Å². The number of aryl methyl sites for hydroxylation is 1. The van der Waals surface area contributed by atoms with E-state index < -0.39 is 9.05 Å². The molecule has 0 N–H and O–H groups in total. The van der Waals surface area contributed by atoms with Gasteiger partial charge in [0.15, 0.2) is 0 Å². The summed E-state index contributed by atoms with van der Waals surface area (Å²) in [6.45, 7) is 4.61. The number of hydrogen-bond acceptors (Lipinski definition) is 3. The molecule has 1 amide bonds. The molecule has 1 aliphatic heterocycles. The molecule has 0 bridgehead atoms. The molecule has 1 aliphatic rings. The van der Waals surface area contributed by atoms with Crippen LogP contribution in [0.2, 0.25) is 0 Å². The lowest BCUT2D eigenvalue weighted by Gasteiger charge is -2.35. The van der Waals surface area contributed by atoms with Crippen LogP contribution in [-0.4, -0.2) is 31.8 Å². The van der Waals surface area contributed by atoms with Crippen LogP contribution in [0.3, 0.4) is 0 Å². The Morgan fingerprint density at radius 2 is 2.10 bits per heavy atom. The Hall–Kier alpha value is -1.07. The number of likely N-dealkylation sites (tertiary alicyclic amines) is 1. The highest BCUT2D eigenvalue weighted by Crippen LogP contribution is 2.25. The number of rotatable bonds is 3. The molecular formula is C15H20ClNO3S. The molecule has 6 heteroatoms. The predicted molar refractivity (Wildman–Crippen MR) is 83.2 cm³/mol. The molecule has 1 aromatic rings. The summed E-state index contributed by atoms with van der Waals surface area (Å²) in [5.74, 6) is -0.0961. The maximum Gasteiger partial charge on any atom is 0.261 e. The largest absolute Gasteiger partial charge is 0.336 e. The number of benzene rings is 1. The topological polar surface area (TPSA) is 54.5 Å². The first-order valence-electron chi connectivity index (χ1n) is 7.21. The smallest absolute Gasteiger partial charge is 0.261 e. The van der Waals surface area contributed by atoms with Gasteiger partial charge in [-0.25, -0.2) is 8.42 Å². The van der Waals surface area contributed by atoms with Gasteiger partial charge >= 0.3 is 0 Å². The molecule has 1 aromatic carbocycles. The first kappa shape index (κ1) is 16.3. The van der Waals surface area contributed by atoms with Crippen molar-refractivity contribution in [2.75, 3.05) is 6.54 Å². The number of carbonyl (C=O) groups is 1. The average molecular weight is 330 g/mol. The maximum absolute atomic E-state index is 12.8. The summed E-state index contributed by atoms with van der Waals surface area (Å²) in [6, 6.07) is 4.69. The first-order valence-corrected chi connectivity index (χ1v) is 9.51. The van der Waals surface area contributed by atoms with Gasteiger partial charge < -0.3 is 4.90 Å². The minimum Gasteiger partial charge on any atom is -0.336 e. The summed E-state index contributed by atoms with van der Waals surface area (Å²) in [5.41, 5.74) is 1.20. The van der Waals surface area contributed by atoms with Gasteiger partial charge in [0.25, 0.3) is 15.0 Å². The third-order valence-electron chi connectivity index (χ3n) is 4.08. The monoisotopic (exact) mass is 329 g/mol. The molecule has 0 spiro atoms. The molecule has 1 atom stereocenters. The number of nitrogens with zero attached hydrogens (tertiary/aromatic N) is 1. The van der Waals surface area contributed by atoms with E-state index in [-0.39, 0.29) is 16.8 Å². The Labute approximate surface area is 130 Å². The SMILES string of the molecule is CCC1CCCCN1C(=O)c1cc(S(=O)(=O)Cl)ccc1C. The Balaban J connectivity index is 2.38. The molecule has 0 saturated carbocycles. The van der Waals surface area contributed by atoms with E-state index in [4.69, 9.17) is 10.7 Å². The maximum atomic E-state index is 12.8. The van der Waals surface area contributed by atoms with Gasteiger partial charge in [-0.3, -0.25) is 4.79 Å². The van der Waals surface area contributed by atoms with E-state index in [1.54, 1.807) is 6.07 Å². The van der Waals surface area contributed by atoms with Gasteiger partial charge in [0.05, 0.1) is 4.90 Å². The van der Waals surface area contributed by atoms with Crippen LogP contribution in [0.4, 0.5) is 0 Å². The first-order chi connectivity index (χ1) is 9.84. The summed E-state index contributed by atoms with van der Waals surface area (Å²) in [7, 11) is 1.55. The lowest BCUT2D eigenvalue weighted by Crippen LogP contribution is -2.43. The fourth-order valence-electron chi connectivity index (χ4n) is 2.83. The molecular weight excluding hydrogens is 310 g/mol. The molecule has 1 fully saturated rings. The van der Waals surface area contributed by atoms with Crippen LogP contribution in [0.15, 0.2) is 23.1 Å². The Kier molecular flexibility index (Phi) is 4.94. The Morgan fingerprint density at radius 1 is 1.38 bits per heavy atom. The van der Waals surface area contributed by atoms with Crippen molar-refractivity contribution in [2.45, 2.75) is 50.5 Å². The van der Waals surface area contributed by atoms with E-state index in [2.05, 4.69) is 6.92 Å². The van der Waals surface area contributed by atoms with Gasteiger partial charge in [-0.1, -0.05) is 13.0 Å². The van der Waals surface area contributed by atoms with Crippen molar-refractivity contribution in [2.24, 2.45) is 0 Å². The minimum atomic E-state index is -3.82. The second-order valence-electron chi connectivity index (χ2n) is 5.47.